The highest BCUT2D eigenvalue weighted by molar-refractivity contribution is 9.10. The Bertz CT molecular complexity index is 1600. The van der Waals surface area contributed by atoms with Crippen molar-refractivity contribution in [1.82, 2.24) is 29.5 Å². The lowest BCUT2D eigenvalue weighted by molar-refractivity contribution is -0.142. The number of aromatic amines is 1. The van der Waals surface area contributed by atoms with Gasteiger partial charge in [-0.1, -0.05) is 30.3 Å². The van der Waals surface area contributed by atoms with Crippen molar-refractivity contribution >= 4 is 33.6 Å². The third-order valence-corrected chi connectivity index (χ3v) is 9.35. The van der Waals surface area contributed by atoms with E-state index in [1.165, 1.54) is 15.6 Å². The van der Waals surface area contributed by atoms with Gasteiger partial charge < -0.3 is 25.2 Å². The molecular formula is C31H37BrF3N7O4. The van der Waals surface area contributed by atoms with Crippen LogP contribution in [-0.4, -0.2) is 93.9 Å². The van der Waals surface area contributed by atoms with Crippen molar-refractivity contribution in [2.45, 2.75) is 56.5 Å². The number of hydrogen-bond acceptors (Lipinski definition) is 7. The van der Waals surface area contributed by atoms with E-state index >= 15 is 0 Å². The van der Waals surface area contributed by atoms with Crippen molar-refractivity contribution in [3.63, 3.8) is 0 Å². The van der Waals surface area contributed by atoms with E-state index in [1.807, 2.05) is 44.4 Å². The van der Waals surface area contributed by atoms with Crippen LogP contribution in [0.5, 0.6) is 0 Å². The lowest BCUT2D eigenvalue weighted by Gasteiger charge is -2.37. The molecule has 2 fully saturated rings. The summed E-state index contributed by atoms with van der Waals surface area (Å²) in [5.41, 5.74) is 4.76. The number of amides is 2. The molecule has 1 atom stereocenters. The first kappa shape index (κ1) is 33.5. The summed E-state index contributed by atoms with van der Waals surface area (Å²) < 4.78 is 48.4. The van der Waals surface area contributed by atoms with E-state index in [4.69, 9.17) is 10.5 Å². The third kappa shape index (κ3) is 7.57. The second-order valence-electron chi connectivity index (χ2n) is 11.9. The molecule has 1 aromatic heterocycles. The van der Waals surface area contributed by atoms with Gasteiger partial charge in [-0.3, -0.25) is 9.78 Å². The van der Waals surface area contributed by atoms with Crippen LogP contribution in [0.2, 0.25) is 0 Å². The Kier molecular flexibility index (Phi) is 10.1. The summed E-state index contributed by atoms with van der Waals surface area (Å²) in [5, 5.41) is 4.47. The summed E-state index contributed by atoms with van der Waals surface area (Å²) in [6.07, 6.45) is -4.79. The van der Waals surface area contributed by atoms with Gasteiger partial charge in [0.1, 0.15) is 0 Å². The van der Waals surface area contributed by atoms with Crippen LogP contribution in [0.25, 0.3) is 11.4 Å². The SMILES string of the molecule is CN(C)C1CCN(C(=O)[C@@H](Cc2cc(Br)c(N)c(C(F)(F)F)c2)OC(=O)N2CCC(n3nc(-c4ccccc4)[nH]c3=O)CC2)CC1. The Morgan fingerprint density at radius 2 is 1.70 bits per heavy atom. The molecule has 0 bridgehead atoms. The number of alkyl halides is 3. The molecule has 2 saturated heterocycles. The van der Waals surface area contributed by atoms with Gasteiger partial charge in [-0.05, 0) is 73.4 Å². The number of piperidine rings is 2. The van der Waals surface area contributed by atoms with E-state index in [0.717, 1.165) is 24.5 Å². The van der Waals surface area contributed by atoms with Gasteiger partial charge in [-0.25, -0.2) is 14.3 Å². The van der Waals surface area contributed by atoms with Gasteiger partial charge in [0.2, 0.25) is 0 Å². The molecule has 248 valence electrons. The van der Waals surface area contributed by atoms with Gasteiger partial charge in [0, 0.05) is 48.7 Å². The number of carbonyl (C=O) groups excluding carboxylic acids is 2. The number of nitrogens with zero attached hydrogens (tertiary/aromatic N) is 5. The quantitative estimate of drug-likeness (QED) is 0.345. The van der Waals surface area contributed by atoms with Gasteiger partial charge in [-0.15, -0.1) is 5.10 Å². The predicted molar refractivity (Wildman–Crippen MR) is 169 cm³/mol. The zero-order chi connectivity index (χ0) is 33.2. The van der Waals surface area contributed by atoms with Crippen molar-refractivity contribution in [3.8, 4) is 11.4 Å². The first-order chi connectivity index (χ1) is 21.8. The summed E-state index contributed by atoms with van der Waals surface area (Å²) in [6, 6.07) is 11.6. The van der Waals surface area contributed by atoms with Crippen molar-refractivity contribution < 1.29 is 27.5 Å². The first-order valence-corrected chi connectivity index (χ1v) is 15.9. The molecule has 0 radical (unpaired) electrons. The number of ether oxygens (including phenoxy) is 1. The van der Waals surface area contributed by atoms with Crippen molar-refractivity contribution in [2.24, 2.45) is 0 Å². The number of nitrogens with two attached hydrogens (primary N) is 1. The number of nitrogens with one attached hydrogen (secondary N) is 1. The average molecular weight is 709 g/mol. The topological polar surface area (TPSA) is 130 Å². The summed E-state index contributed by atoms with van der Waals surface area (Å²) in [6.45, 7) is 1.35. The number of benzene rings is 2. The number of rotatable bonds is 7. The fraction of sp³-hybridized carbons (Fsp3) is 0.484. The number of likely N-dealkylation sites (tertiary alicyclic amines) is 2. The fourth-order valence-electron chi connectivity index (χ4n) is 6.03. The van der Waals surface area contributed by atoms with Gasteiger partial charge >= 0.3 is 18.0 Å². The molecule has 3 heterocycles. The van der Waals surface area contributed by atoms with Gasteiger partial charge in [0.15, 0.2) is 11.9 Å². The van der Waals surface area contributed by atoms with E-state index in [1.54, 1.807) is 4.90 Å². The van der Waals surface area contributed by atoms with Crippen LogP contribution in [0, 0.1) is 0 Å². The summed E-state index contributed by atoms with van der Waals surface area (Å²) in [5.74, 6) is -0.00939. The van der Waals surface area contributed by atoms with Crippen LogP contribution in [0.4, 0.5) is 23.7 Å². The second kappa shape index (κ2) is 13.9. The molecule has 0 saturated carbocycles. The smallest absolute Gasteiger partial charge is 0.418 e. The molecule has 0 spiro atoms. The Morgan fingerprint density at radius 3 is 2.30 bits per heavy atom. The Labute approximate surface area is 272 Å². The largest absolute Gasteiger partial charge is 0.436 e. The van der Waals surface area contributed by atoms with Crippen LogP contribution >= 0.6 is 15.9 Å². The number of carbonyl (C=O) groups is 2. The summed E-state index contributed by atoms with van der Waals surface area (Å²) >= 11 is 3.10. The number of H-pyrrole nitrogens is 1. The molecule has 3 N–H and O–H groups in total. The summed E-state index contributed by atoms with van der Waals surface area (Å²) in [7, 11) is 3.94. The molecule has 2 amide bonds. The molecule has 0 unspecified atom stereocenters. The van der Waals surface area contributed by atoms with E-state index in [-0.39, 0.29) is 41.3 Å². The number of hydrogen-bond donors (Lipinski definition) is 2. The minimum atomic E-state index is -4.71. The number of aromatic nitrogens is 3. The number of halogens is 4. The summed E-state index contributed by atoms with van der Waals surface area (Å²) in [4.78, 5) is 47.7. The van der Waals surface area contributed by atoms with E-state index in [2.05, 4.69) is 30.9 Å². The standard InChI is InChI=1S/C31H37BrF3N7O4/c1-39(2)21-8-12-40(13-9-21)28(43)25(18-19-16-23(31(33,34)35)26(36)24(32)17-19)46-30(45)41-14-10-22(11-15-41)42-29(44)37-27(38-42)20-6-4-3-5-7-20/h3-7,16-17,21-22,25H,8-15,18,36H2,1-2H3,(H,37,38,44)/t25-/m1/s1. The van der Waals surface area contributed by atoms with Crippen molar-refractivity contribution in [2.75, 3.05) is 46.0 Å². The molecule has 3 aromatic rings. The van der Waals surface area contributed by atoms with Crippen LogP contribution in [-0.2, 0) is 22.1 Å². The molecule has 46 heavy (non-hydrogen) atoms. The minimum absolute atomic E-state index is 0.0350. The molecular weight excluding hydrogens is 671 g/mol. The molecule has 15 heteroatoms. The zero-order valence-corrected chi connectivity index (χ0v) is 27.2. The highest BCUT2D eigenvalue weighted by Gasteiger charge is 2.37. The Hall–Kier alpha value is -3.85. The first-order valence-electron chi connectivity index (χ1n) is 15.1. The Balaban J connectivity index is 1.30. The van der Waals surface area contributed by atoms with E-state index < -0.39 is 35.5 Å². The van der Waals surface area contributed by atoms with Crippen molar-refractivity contribution in [3.05, 3.63) is 68.5 Å². The molecule has 11 nitrogen and oxygen atoms in total. The normalized spacial score (nSPS) is 17.4. The van der Waals surface area contributed by atoms with Crippen LogP contribution in [0.3, 0.4) is 0 Å². The highest BCUT2D eigenvalue weighted by atomic mass is 79.9. The lowest BCUT2D eigenvalue weighted by Crippen LogP contribution is -2.50. The van der Waals surface area contributed by atoms with Crippen LogP contribution in [0.15, 0.2) is 51.7 Å². The van der Waals surface area contributed by atoms with Crippen LogP contribution in [0.1, 0.15) is 42.9 Å². The fourth-order valence-corrected chi connectivity index (χ4v) is 6.53. The third-order valence-electron chi connectivity index (χ3n) is 8.70. The van der Waals surface area contributed by atoms with Crippen LogP contribution < -0.4 is 11.4 Å². The number of nitrogen functional groups attached to an aromatic ring is 1. The maximum absolute atomic E-state index is 13.7. The van der Waals surface area contributed by atoms with Gasteiger partial charge in [-0.2, -0.15) is 13.2 Å². The highest BCUT2D eigenvalue weighted by Crippen LogP contribution is 2.38. The van der Waals surface area contributed by atoms with Crippen molar-refractivity contribution in [1.29, 1.82) is 0 Å². The lowest BCUT2D eigenvalue weighted by atomic mass is 10.00. The minimum Gasteiger partial charge on any atom is -0.436 e. The predicted octanol–water partition coefficient (Wildman–Crippen LogP) is 4.54. The monoisotopic (exact) mass is 707 g/mol. The average Bonchev–Trinajstić information content (AvgIpc) is 3.43. The number of anilines is 1. The molecule has 2 aliphatic rings. The zero-order valence-electron chi connectivity index (χ0n) is 25.6. The molecule has 2 aromatic carbocycles. The molecule has 0 aliphatic carbocycles. The van der Waals surface area contributed by atoms with E-state index in [9.17, 15) is 27.6 Å². The Morgan fingerprint density at radius 1 is 1.07 bits per heavy atom. The second-order valence-corrected chi connectivity index (χ2v) is 12.8. The maximum Gasteiger partial charge on any atom is 0.418 e. The molecule has 2 aliphatic heterocycles. The molecule has 5 rings (SSSR count). The van der Waals surface area contributed by atoms with Gasteiger partial charge in [0.25, 0.3) is 5.91 Å². The van der Waals surface area contributed by atoms with E-state index in [0.29, 0.717) is 37.8 Å². The maximum atomic E-state index is 13.7. The van der Waals surface area contributed by atoms with Gasteiger partial charge in [0.05, 0.1) is 17.3 Å².